The molecular weight excluding hydrogens is 451 g/mol. The first-order chi connectivity index (χ1) is 15.6. The van der Waals surface area contributed by atoms with E-state index in [9.17, 15) is 23.2 Å². The topological polar surface area (TPSA) is 47.3 Å². The smallest absolute Gasteiger partial charge is 0.362 e. The van der Waals surface area contributed by atoms with Crippen LogP contribution in [-0.2, 0) is 17.5 Å². The molecule has 0 saturated carbocycles. The summed E-state index contributed by atoms with van der Waals surface area (Å²) in [5.74, 6) is 0.351. The molecule has 0 N–H and O–H groups in total. The predicted octanol–water partition coefficient (Wildman–Crippen LogP) is 6.27. The average Bonchev–Trinajstić information content (AvgIpc) is 3.27. The van der Waals surface area contributed by atoms with Crippen LogP contribution in [0.5, 0.6) is 0 Å². The SMILES string of the molecule is CCC(C)CC(=O)N1CC[C@H](N(Cc2ccccc2C(F)(F)F)c2ccc(C#N)c(Cl)c2)C1. The van der Waals surface area contributed by atoms with Gasteiger partial charge in [0.15, 0.2) is 0 Å². The Bertz CT molecular complexity index is 1030. The lowest BCUT2D eigenvalue weighted by Crippen LogP contribution is -2.39. The molecule has 0 radical (unpaired) electrons. The van der Waals surface area contributed by atoms with E-state index in [1.807, 2.05) is 24.8 Å². The van der Waals surface area contributed by atoms with Gasteiger partial charge in [0.25, 0.3) is 0 Å². The zero-order chi connectivity index (χ0) is 24.2. The number of carbonyl (C=O) groups is 1. The standard InChI is InChI=1S/C25H27ClF3N3O/c1-3-17(2)12-24(33)31-11-10-21(16-31)32(20-9-8-18(14-30)23(26)13-20)15-19-6-4-5-7-22(19)25(27,28)29/h4-9,13,17,21H,3,10-12,15-16H2,1-2H3/t17?,21-/m0/s1. The second-order valence-electron chi connectivity index (χ2n) is 8.56. The second-order valence-corrected chi connectivity index (χ2v) is 8.97. The predicted molar refractivity (Wildman–Crippen MR) is 123 cm³/mol. The van der Waals surface area contributed by atoms with Gasteiger partial charge in [-0.3, -0.25) is 4.79 Å². The number of hydrogen-bond acceptors (Lipinski definition) is 3. The zero-order valence-corrected chi connectivity index (χ0v) is 19.5. The number of halogens is 4. The molecule has 1 heterocycles. The largest absolute Gasteiger partial charge is 0.416 e. The number of benzene rings is 2. The molecule has 1 saturated heterocycles. The van der Waals surface area contributed by atoms with Gasteiger partial charge in [0, 0.05) is 37.8 Å². The van der Waals surface area contributed by atoms with Crippen LogP contribution in [0.15, 0.2) is 42.5 Å². The van der Waals surface area contributed by atoms with Crippen LogP contribution >= 0.6 is 11.6 Å². The number of nitrogens with zero attached hydrogens (tertiary/aromatic N) is 3. The molecule has 1 unspecified atom stereocenters. The van der Waals surface area contributed by atoms with Gasteiger partial charge in [0.1, 0.15) is 6.07 Å². The number of likely N-dealkylation sites (tertiary alicyclic amines) is 1. The normalized spacial score (nSPS) is 17.0. The lowest BCUT2D eigenvalue weighted by Gasteiger charge is -2.32. The number of amides is 1. The van der Waals surface area contributed by atoms with Crippen molar-refractivity contribution >= 4 is 23.2 Å². The molecule has 8 heteroatoms. The van der Waals surface area contributed by atoms with Gasteiger partial charge >= 0.3 is 6.18 Å². The first-order valence-corrected chi connectivity index (χ1v) is 11.4. The van der Waals surface area contributed by atoms with Crippen LogP contribution in [0.1, 0.15) is 49.8 Å². The number of alkyl halides is 3. The fourth-order valence-corrected chi connectivity index (χ4v) is 4.33. The van der Waals surface area contributed by atoms with E-state index in [1.165, 1.54) is 12.1 Å². The average molecular weight is 478 g/mol. The Kier molecular flexibility index (Phi) is 7.91. The van der Waals surface area contributed by atoms with E-state index < -0.39 is 11.7 Å². The molecule has 2 aromatic rings. The van der Waals surface area contributed by atoms with Gasteiger partial charge in [0.05, 0.1) is 16.1 Å². The maximum Gasteiger partial charge on any atom is 0.416 e. The molecule has 0 spiro atoms. The Morgan fingerprint density at radius 3 is 2.67 bits per heavy atom. The monoisotopic (exact) mass is 477 g/mol. The van der Waals surface area contributed by atoms with Crippen molar-refractivity contribution in [2.75, 3.05) is 18.0 Å². The van der Waals surface area contributed by atoms with Gasteiger partial charge in [-0.25, -0.2) is 0 Å². The molecule has 1 fully saturated rings. The molecule has 1 aliphatic heterocycles. The first kappa shape index (κ1) is 24.9. The molecule has 0 aromatic heterocycles. The first-order valence-electron chi connectivity index (χ1n) is 11.0. The summed E-state index contributed by atoms with van der Waals surface area (Å²) < 4.78 is 40.9. The Labute approximate surface area is 197 Å². The lowest BCUT2D eigenvalue weighted by molar-refractivity contribution is -0.138. The van der Waals surface area contributed by atoms with E-state index in [0.717, 1.165) is 12.5 Å². The highest BCUT2D eigenvalue weighted by atomic mass is 35.5. The van der Waals surface area contributed by atoms with Crippen molar-refractivity contribution < 1.29 is 18.0 Å². The molecule has 2 atom stereocenters. The van der Waals surface area contributed by atoms with Crippen molar-refractivity contribution in [3.63, 3.8) is 0 Å². The van der Waals surface area contributed by atoms with Gasteiger partial charge < -0.3 is 9.80 Å². The molecule has 3 rings (SSSR count). The molecular formula is C25H27ClF3N3O. The highest BCUT2D eigenvalue weighted by Crippen LogP contribution is 2.35. The Balaban J connectivity index is 1.92. The molecule has 176 valence electrons. The zero-order valence-electron chi connectivity index (χ0n) is 18.7. The van der Waals surface area contributed by atoms with E-state index in [2.05, 4.69) is 0 Å². The summed E-state index contributed by atoms with van der Waals surface area (Å²) in [4.78, 5) is 16.4. The summed E-state index contributed by atoms with van der Waals surface area (Å²) in [7, 11) is 0. The van der Waals surface area contributed by atoms with E-state index in [0.29, 0.717) is 37.2 Å². The maximum absolute atomic E-state index is 13.6. The van der Waals surface area contributed by atoms with Crippen molar-refractivity contribution in [2.45, 2.75) is 51.9 Å². The summed E-state index contributed by atoms with van der Waals surface area (Å²) in [6, 6.07) is 12.2. The third kappa shape index (κ3) is 6.00. The number of nitriles is 1. The van der Waals surface area contributed by atoms with Crippen LogP contribution < -0.4 is 4.90 Å². The molecule has 1 amide bonds. The quantitative estimate of drug-likeness (QED) is 0.472. The van der Waals surface area contributed by atoms with Gasteiger partial charge in [-0.05, 0) is 42.2 Å². The van der Waals surface area contributed by atoms with Crippen molar-refractivity contribution in [3.05, 3.63) is 64.2 Å². The van der Waals surface area contributed by atoms with Crippen molar-refractivity contribution in [3.8, 4) is 6.07 Å². The van der Waals surface area contributed by atoms with Gasteiger partial charge in [-0.1, -0.05) is 50.1 Å². The summed E-state index contributed by atoms with van der Waals surface area (Å²) in [5, 5.41) is 9.43. The molecule has 0 bridgehead atoms. The number of carbonyl (C=O) groups excluding carboxylic acids is 1. The number of hydrogen-bond donors (Lipinski definition) is 0. The summed E-state index contributed by atoms with van der Waals surface area (Å²) >= 11 is 6.25. The maximum atomic E-state index is 13.6. The van der Waals surface area contributed by atoms with Crippen LogP contribution in [0.4, 0.5) is 18.9 Å². The van der Waals surface area contributed by atoms with Crippen LogP contribution in [0, 0.1) is 17.2 Å². The van der Waals surface area contributed by atoms with Crippen LogP contribution in [0.3, 0.4) is 0 Å². The van der Waals surface area contributed by atoms with E-state index in [1.54, 1.807) is 29.2 Å². The minimum atomic E-state index is -4.47. The fourth-order valence-electron chi connectivity index (χ4n) is 4.12. The van der Waals surface area contributed by atoms with Crippen molar-refractivity contribution in [1.29, 1.82) is 5.26 Å². The number of anilines is 1. The van der Waals surface area contributed by atoms with Crippen molar-refractivity contribution in [2.24, 2.45) is 5.92 Å². The Morgan fingerprint density at radius 2 is 2.03 bits per heavy atom. The summed E-state index contributed by atoms with van der Waals surface area (Å²) in [6.45, 7) is 5.07. The highest BCUT2D eigenvalue weighted by molar-refractivity contribution is 6.32. The van der Waals surface area contributed by atoms with Gasteiger partial charge in [0.2, 0.25) is 5.91 Å². The summed E-state index contributed by atoms with van der Waals surface area (Å²) in [6.07, 6.45) is -2.47. The fraction of sp³-hybridized carbons (Fsp3) is 0.440. The highest BCUT2D eigenvalue weighted by Gasteiger charge is 2.35. The Hall–Kier alpha value is -2.72. The van der Waals surface area contributed by atoms with Crippen LogP contribution in [0.25, 0.3) is 0 Å². The Morgan fingerprint density at radius 1 is 1.30 bits per heavy atom. The van der Waals surface area contributed by atoms with Crippen molar-refractivity contribution in [1.82, 2.24) is 4.90 Å². The van der Waals surface area contributed by atoms with E-state index >= 15 is 0 Å². The number of rotatable bonds is 7. The third-order valence-electron chi connectivity index (χ3n) is 6.25. The molecule has 2 aromatic carbocycles. The summed E-state index contributed by atoms with van der Waals surface area (Å²) in [5.41, 5.74) is 0.386. The van der Waals surface area contributed by atoms with Gasteiger partial charge in [-0.15, -0.1) is 0 Å². The van der Waals surface area contributed by atoms with Gasteiger partial charge in [-0.2, -0.15) is 18.4 Å². The second kappa shape index (κ2) is 10.5. The lowest BCUT2D eigenvalue weighted by atomic mass is 10.0. The van der Waals surface area contributed by atoms with E-state index in [-0.39, 0.29) is 35.0 Å². The minimum absolute atomic E-state index is 0.00989. The van der Waals surface area contributed by atoms with E-state index in [4.69, 9.17) is 11.6 Å². The van der Waals surface area contributed by atoms with Crippen LogP contribution in [-0.4, -0.2) is 29.9 Å². The molecule has 4 nitrogen and oxygen atoms in total. The van der Waals surface area contributed by atoms with Crippen LogP contribution in [0.2, 0.25) is 5.02 Å². The minimum Gasteiger partial charge on any atom is -0.362 e. The molecule has 0 aliphatic carbocycles. The third-order valence-corrected chi connectivity index (χ3v) is 6.56. The molecule has 33 heavy (non-hydrogen) atoms. The molecule has 1 aliphatic rings.